The van der Waals surface area contributed by atoms with Gasteiger partial charge in [-0.25, -0.2) is 0 Å². The van der Waals surface area contributed by atoms with Gasteiger partial charge in [0.05, 0.1) is 13.2 Å². The first kappa shape index (κ1) is 24.4. The number of carbonyl (C=O) groups excluding carboxylic acids is 3. The van der Waals surface area contributed by atoms with Crippen LogP contribution in [0.5, 0.6) is 5.75 Å². The lowest BCUT2D eigenvalue weighted by atomic mass is 9.72. The van der Waals surface area contributed by atoms with E-state index in [0.717, 1.165) is 49.4 Å². The van der Waals surface area contributed by atoms with Gasteiger partial charge in [0.15, 0.2) is 0 Å². The van der Waals surface area contributed by atoms with Gasteiger partial charge in [-0.05, 0) is 62.1 Å². The zero-order valence-electron chi connectivity index (χ0n) is 20.8. The lowest BCUT2D eigenvalue weighted by Crippen LogP contribution is -2.49. The summed E-state index contributed by atoms with van der Waals surface area (Å²) in [5.41, 5.74) is 1.16. The number of rotatable bonds is 6. The van der Waals surface area contributed by atoms with Gasteiger partial charge >= 0.3 is 0 Å². The van der Waals surface area contributed by atoms with Crippen LogP contribution in [0.3, 0.4) is 0 Å². The number of ketones is 1. The van der Waals surface area contributed by atoms with Crippen molar-refractivity contribution in [3.8, 4) is 11.8 Å². The minimum Gasteiger partial charge on any atom is -0.496 e. The van der Waals surface area contributed by atoms with Crippen LogP contribution < -0.4 is 10.1 Å². The van der Waals surface area contributed by atoms with E-state index < -0.39 is 12.1 Å². The Bertz CT molecular complexity index is 1210. The molecular formula is C28H34N4O4. The van der Waals surface area contributed by atoms with Crippen molar-refractivity contribution >= 4 is 28.5 Å². The average molecular weight is 491 g/mol. The zero-order valence-corrected chi connectivity index (χ0v) is 20.8. The van der Waals surface area contributed by atoms with Gasteiger partial charge in [0, 0.05) is 29.8 Å². The quantitative estimate of drug-likeness (QED) is 0.632. The first-order valence-corrected chi connectivity index (χ1v) is 13.1. The number of hydrogen-bond donors (Lipinski definition) is 2. The van der Waals surface area contributed by atoms with Crippen LogP contribution in [0.2, 0.25) is 0 Å². The van der Waals surface area contributed by atoms with Crippen LogP contribution in [0, 0.1) is 22.7 Å². The van der Waals surface area contributed by atoms with Gasteiger partial charge in [0.2, 0.25) is 5.91 Å². The molecule has 2 saturated carbocycles. The Balaban J connectivity index is 1.39. The number of nitrogens with zero attached hydrogens (tertiary/aromatic N) is 2. The van der Waals surface area contributed by atoms with Crippen molar-refractivity contribution in [3.05, 3.63) is 30.0 Å². The molecule has 0 bridgehead atoms. The van der Waals surface area contributed by atoms with Crippen molar-refractivity contribution in [2.45, 2.75) is 76.3 Å². The van der Waals surface area contributed by atoms with Crippen LogP contribution in [0.15, 0.2) is 24.3 Å². The smallest absolute Gasteiger partial charge is 0.271 e. The molecule has 2 aliphatic carbocycles. The number of aromatic nitrogens is 1. The summed E-state index contributed by atoms with van der Waals surface area (Å²) >= 11 is 0. The van der Waals surface area contributed by atoms with Crippen molar-refractivity contribution < 1.29 is 19.1 Å². The van der Waals surface area contributed by atoms with Crippen LogP contribution in [0.4, 0.5) is 0 Å². The fourth-order valence-electron chi connectivity index (χ4n) is 6.58. The molecule has 190 valence electrons. The number of nitriles is 1. The molecule has 1 aliphatic heterocycles. The highest BCUT2D eigenvalue weighted by Gasteiger charge is 2.49. The predicted molar refractivity (Wildman–Crippen MR) is 134 cm³/mol. The van der Waals surface area contributed by atoms with Crippen LogP contribution in [0.25, 0.3) is 10.9 Å². The molecule has 5 rings (SSSR count). The summed E-state index contributed by atoms with van der Waals surface area (Å²) in [6, 6.07) is 8.21. The minimum atomic E-state index is -0.734. The molecule has 1 aromatic heterocycles. The summed E-state index contributed by atoms with van der Waals surface area (Å²) in [7, 11) is 1.60. The SMILES string of the molecule is COc1cccc2[nH]c(C(=O)N3CC4(CCCCC4)CC3C(=O)NC(C#N)CC3CCCC3=O)cc12. The van der Waals surface area contributed by atoms with E-state index in [1.807, 2.05) is 18.2 Å². The standard InChI is InChI=1S/C28H34N4O4/c1-36-25-10-6-8-21-20(25)14-22(31-21)27(35)32-17-28(11-3-2-4-12-28)15-23(32)26(34)30-19(16-29)13-18-7-5-9-24(18)33/h6,8,10,14,18-19,23,31H,2-5,7,9,11-13,15,17H2,1H3,(H,30,34). The van der Waals surface area contributed by atoms with E-state index in [0.29, 0.717) is 37.3 Å². The molecule has 2 amide bonds. The van der Waals surface area contributed by atoms with E-state index in [-0.39, 0.29) is 28.9 Å². The normalized spacial score (nSPS) is 24.1. The molecule has 36 heavy (non-hydrogen) atoms. The van der Waals surface area contributed by atoms with Gasteiger partial charge in [-0.15, -0.1) is 0 Å². The number of likely N-dealkylation sites (tertiary alicyclic amines) is 1. The van der Waals surface area contributed by atoms with E-state index in [2.05, 4.69) is 16.4 Å². The summed E-state index contributed by atoms with van der Waals surface area (Å²) in [6.45, 7) is 0.536. The van der Waals surface area contributed by atoms with E-state index in [1.54, 1.807) is 18.1 Å². The zero-order chi connectivity index (χ0) is 25.3. The van der Waals surface area contributed by atoms with Crippen LogP contribution in [0.1, 0.15) is 74.7 Å². The third kappa shape index (κ3) is 4.59. The Kier molecular flexibility index (Phi) is 6.74. The number of ether oxygens (including phenoxy) is 1. The summed E-state index contributed by atoms with van der Waals surface area (Å²) < 4.78 is 5.45. The summed E-state index contributed by atoms with van der Waals surface area (Å²) in [5.74, 6) is 0.187. The maximum Gasteiger partial charge on any atom is 0.271 e. The van der Waals surface area contributed by atoms with Crippen LogP contribution in [-0.2, 0) is 9.59 Å². The maximum absolute atomic E-state index is 13.8. The van der Waals surface area contributed by atoms with Gasteiger partial charge in [-0.1, -0.05) is 25.3 Å². The Morgan fingerprint density at radius 2 is 2.08 bits per heavy atom. The molecule has 2 heterocycles. The molecule has 3 fully saturated rings. The van der Waals surface area contributed by atoms with Gasteiger partial charge in [-0.3, -0.25) is 14.4 Å². The Morgan fingerprint density at radius 3 is 2.78 bits per heavy atom. The number of H-pyrrole nitrogens is 1. The van der Waals surface area contributed by atoms with E-state index in [1.165, 1.54) is 6.42 Å². The van der Waals surface area contributed by atoms with Gasteiger partial charge < -0.3 is 19.9 Å². The Hall–Kier alpha value is -3.34. The minimum absolute atomic E-state index is 0.0663. The number of aromatic amines is 1. The first-order valence-electron chi connectivity index (χ1n) is 13.1. The largest absolute Gasteiger partial charge is 0.496 e. The number of carbonyl (C=O) groups is 3. The van der Waals surface area contributed by atoms with E-state index in [9.17, 15) is 19.6 Å². The number of amides is 2. The lowest BCUT2D eigenvalue weighted by Gasteiger charge is -2.32. The summed E-state index contributed by atoms with van der Waals surface area (Å²) in [4.78, 5) is 44.4. The third-order valence-corrected chi connectivity index (χ3v) is 8.48. The van der Waals surface area contributed by atoms with Crippen molar-refractivity contribution in [1.82, 2.24) is 15.2 Å². The van der Waals surface area contributed by atoms with Gasteiger partial charge in [0.25, 0.3) is 5.91 Å². The van der Waals surface area contributed by atoms with Crippen molar-refractivity contribution in [2.75, 3.05) is 13.7 Å². The molecule has 0 radical (unpaired) electrons. The van der Waals surface area contributed by atoms with E-state index >= 15 is 0 Å². The first-order chi connectivity index (χ1) is 17.4. The molecule has 1 saturated heterocycles. The highest BCUT2D eigenvalue weighted by Crippen LogP contribution is 2.47. The Labute approximate surface area is 211 Å². The van der Waals surface area contributed by atoms with Crippen molar-refractivity contribution in [2.24, 2.45) is 11.3 Å². The molecule has 1 aromatic carbocycles. The third-order valence-electron chi connectivity index (χ3n) is 8.48. The molecule has 2 N–H and O–H groups in total. The average Bonchev–Trinajstić information content (AvgIpc) is 3.60. The molecule has 8 nitrogen and oxygen atoms in total. The molecular weight excluding hydrogens is 456 g/mol. The number of fused-ring (bicyclic) bond motifs is 1. The highest BCUT2D eigenvalue weighted by molar-refractivity contribution is 6.02. The topological polar surface area (TPSA) is 115 Å². The number of nitrogens with one attached hydrogen (secondary N) is 2. The second kappa shape index (κ2) is 9.96. The van der Waals surface area contributed by atoms with Crippen molar-refractivity contribution in [3.63, 3.8) is 0 Å². The second-order valence-corrected chi connectivity index (χ2v) is 10.8. The molecule has 1 spiro atoms. The number of Topliss-reactive ketones (excluding diaryl/α,β-unsaturated/α-hetero) is 1. The number of methoxy groups -OCH3 is 1. The number of benzene rings is 1. The van der Waals surface area contributed by atoms with Crippen LogP contribution in [-0.4, -0.2) is 53.2 Å². The Morgan fingerprint density at radius 1 is 1.28 bits per heavy atom. The molecule has 3 unspecified atom stereocenters. The molecule has 8 heteroatoms. The molecule has 3 atom stereocenters. The monoisotopic (exact) mass is 490 g/mol. The number of hydrogen-bond acceptors (Lipinski definition) is 5. The van der Waals surface area contributed by atoms with Crippen LogP contribution >= 0.6 is 0 Å². The fraction of sp³-hybridized carbons (Fsp3) is 0.571. The molecule has 2 aromatic rings. The van der Waals surface area contributed by atoms with E-state index in [4.69, 9.17) is 4.74 Å². The highest BCUT2D eigenvalue weighted by atomic mass is 16.5. The van der Waals surface area contributed by atoms with Crippen molar-refractivity contribution in [1.29, 1.82) is 5.26 Å². The fourth-order valence-corrected chi connectivity index (χ4v) is 6.58. The predicted octanol–water partition coefficient (Wildman–Crippen LogP) is 4.11. The lowest BCUT2D eigenvalue weighted by molar-refractivity contribution is -0.126. The van der Waals surface area contributed by atoms with Gasteiger partial charge in [-0.2, -0.15) is 5.26 Å². The van der Waals surface area contributed by atoms with Gasteiger partial charge in [0.1, 0.15) is 29.3 Å². The maximum atomic E-state index is 13.8. The summed E-state index contributed by atoms with van der Waals surface area (Å²) in [5, 5.41) is 13.4. The summed E-state index contributed by atoms with van der Waals surface area (Å²) in [6.07, 6.45) is 8.50. The second-order valence-electron chi connectivity index (χ2n) is 10.8. The molecule has 3 aliphatic rings.